The van der Waals surface area contributed by atoms with E-state index >= 15 is 0 Å². The van der Waals surface area contributed by atoms with Gasteiger partial charge in [-0.15, -0.1) is 0 Å². The topological polar surface area (TPSA) is 77.2 Å². The highest BCUT2D eigenvalue weighted by Gasteiger charge is 2.45. The van der Waals surface area contributed by atoms with Crippen LogP contribution in [0.1, 0.15) is 37.0 Å². The minimum atomic E-state index is -0.397. The highest BCUT2D eigenvalue weighted by molar-refractivity contribution is 5.96. The lowest BCUT2D eigenvalue weighted by atomic mass is 9.92. The van der Waals surface area contributed by atoms with E-state index in [4.69, 9.17) is 10.5 Å². The number of hydrogen-bond donors (Lipinski definition) is 2. The Balaban J connectivity index is 2.14. The molecule has 1 saturated carbocycles. The first kappa shape index (κ1) is 13.6. The maximum atomic E-state index is 11.7. The number of nitrogens with two attached hydrogens (primary N) is 1. The van der Waals surface area contributed by atoms with Crippen molar-refractivity contribution in [1.82, 2.24) is 4.98 Å². The van der Waals surface area contributed by atoms with Gasteiger partial charge < -0.3 is 15.8 Å². The van der Waals surface area contributed by atoms with E-state index in [0.29, 0.717) is 28.4 Å². The lowest BCUT2D eigenvalue weighted by Gasteiger charge is -2.21. The molecule has 0 aromatic carbocycles. The summed E-state index contributed by atoms with van der Waals surface area (Å²) in [6, 6.07) is 1.54. The van der Waals surface area contributed by atoms with Gasteiger partial charge in [0.2, 0.25) is 0 Å². The first-order valence-electron chi connectivity index (χ1n) is 6.56. The van der Waals surface area contributed by atoms with Crippen molar-refractivity contribution < 1.29 is 9.53 Å². The van der Waals surface area contributed by atoms with Gasteiger partial charge in [0.25, 0.3) is 0 Å². The van der Waals surface area contributed by atoms with Crippen LogP contribution in [-0.4, -0.2) is 24.6 Å². The summed E-state index contributed by atoms with van der Waals surface area (Å²) in [5, 5.41) is 3.32. The fraction of sp³-hybridized carbons (Fsp3) is 0.571. The summed E-state index contributed by atoms with van der Waals surface area (Å²) in [6.07, 6.45) is 4.05. The number of aromatic nitrogens is 1. The van der Waals surface area contributed by atoms with Gasteiger partial charge in [0.1, 0.15) is 5.82 Å². The lowest BCUT2D eigenvalue weighted by Crippen LogP contribution is -2.22. The molecule has 2 rings (SSSR count). The van der Waals surface area contributed by atoms with Crippen LogP contribution in [0.5, 0.6) is 0 Å². The SMILES string of the molecule is COC(=O)c1cc(N)ncc1NCC1(C(C)C)CC1. The van der Waals surface area contributed by atoms with Crippen LogP contribution in [0.4, 0.5) is 11.5 Å². The molecular weight excluding hydrogens is 242 g/mol. The highest BCUT2D eigenvalue weighted by Crippen LogP contribution is 2.51. The summed E-state index contributed by atoms with van der Waals surface area (Å²) in [4.78, 5) is 15.7. The standard InChI is InChI=1S/C14H21N3O2/c1-9(2)14(4-5-14)8-17-11-7-16-12(15)6-10(11)13(18)19-3/h6-7,9,17H,4-5,8H2,1-3H3,(H2,15,16). The largest absolute Gasteiger partial charge is 0.465 e. The monoisotopic (exact) mass is 263 g/mol. The van der Waals surface area contributed by atoms with Gasteiger partial charge in [-0.25, -0.2) is 9.78 Å². The molecule has 0 spiro atoms. The number of carbonyl (C=O) groups excluding carboxylic acids is 1. The number of carbonyl (C=O) groups is 1. The Hall–Kier alpha value is -1.78. The van der Waals surface area contributed by atoms with Gasteiger partial charge in [0.05, 0.1) is 24.6 Å². The van der Waals surface area contributed by atoms with Crippen molar-refractivity contribution in [2.45, 2.75) is 26.7 Å². The minimum absolute atomic E-state index is 0.316. The Kier molecular flexibility index (Phi) is 3.64. The van der Waals surface area contributed by atoms with E-state index in [2.05, 4.69) is 24.1 Å². The van der Waals surface area contributed by atoms with E-state index in [1.165, 1.54) is 20.0 Å². The minimum Gasteiger partial charge on any atom is -0.465 e. The molecule has 0 bridgehead atoms. The zero-order valence-corrected chi connectivity index (χ0v) is 11.7. The van der Waals surface area contributed by atoms with E-state index in [0.717, 1.165) is 6.54 Å². The molecule has 0 saturated heterocycles. The predicted octanol–water partition coefficient (Wildman–Crippen LogP) is 2.30. The van der Waals surface area contributed by atoms with Crippen LogP contribution >= 0.6 is 0 Å². The molecule has 104 valence electrons. The van der Waals surface area contributed by atoms with Gasteiger partial charge in [-0.3, -0.25) is 0 Å². The van der Waals surface area contributed by atoms with Crippen LogP contribution in [0.3, 0.4) is 0 Å². The van der Waals surface area contributed by atoms with Crippen molar-refractivity contribution in [3.8, 4) is 0 Å². The molecule has 1 aliphatic carbocycles. The number of pyridine rings is 1. The number of rotatable bonds is 5. The molecule has 0 aliphatic heterocycles. The van der Waals surface area contributed by atoms with Crippen molar-refractivity contribution in [3.63, 3.8) is 0 Å². The second kappa shape index (κ2) is 5.07. The number of nitrogen functional groups attached to an aromatic ring is 1. The molecular formula is C14H21N3O2. The number of nitrogens with zero attached hydrogens (tertiary/aromatic N) is 1. The smallest absolute Gasteiger partial charge is 0.340 e. The highest BCUT2D eigenvalue weighted by atomic mass is 16.5. The number of hydrogen-bond acceptors (Lipinski definition) is 5. The molecule has 1 fully saturated rings. The van der Waals surface area contributed by atoms with E-state index in [1.54, 1.807) is 12.3 Å². The van der Waals surface area contributed by atoms with Crippen LogP contribution in [0.15, 0.2) is 12.3 Å². The van der Waals surface area contributed by atoms with E-state index in [-0.39, 0.29) is 0 Å². The predicted molar refractivity (Wildman–Crippen MR) is 75.0 cm³/mol. The molecule has 1 heterocycles. The average Bonchev–Trinajstić information content (AvgIpc) is 3.17. The van der Waals surface area contributed by atoms with Gasteiger partial charge in [0, 0.05) is 6.54 Å². The third kappa shape index (κ3) is 2.80. The van der Waals surface area contributed by atoms with Crippen molar-refractivity contribution in [3.05, 3.63) is 17.8 Å². The summed E-state index contributed by atoms with van der Waals surface area (Å²) in [5.74, 6) is 0.547. The third-order valence-corrected chi connectivity index (χ3v) is 4.08. The van der Waals surface area contributed by atoms with Crippen LogP contribution < -0.4 is 11.1 Å². The fourth-order valence-corrected chi connectivity index (χ4v) is 2.28. The number of ether oxygens (including phenoxy) is 1. The second-order valence-corrected chi connectivity index (χ2v) is 5.52. The fourth-order valence-electron chi connectivity index (χ4n) is 2.28. The molecule has 5 heteroatoms. The van der Waals surface area contributed by atoms with Crippen LogP contribution in [0.2, 0.25) is 0 Å². The Morgan fingerprint density at radius 3 is 2.79 bits per heavy atom. The maximum Gasteiger partial charge on any atom is 0.340 e. The normalized spacial score (nSPS) is 16.2. The molecule has 1 aromatic heterocycles. The summed E-state index contributed by atoms with van der Waals surface area (Å²) in [5.41, 5.74) is 7.10. The molecule has 1 aromatic rings. The van der Waals surface area contributed by atoms with Gasteiger partial charge in [-0.05, 0) is 30.2 Å². The molecule has 19 heavy (non-hydrogen) atoms. The number of nitrogens with one attached hydrogen (secondary N) is 1. The molecule has 0 radical (unpaired) electrons. The third-order valence-electron chi connectivity index (χ3n) is 4.08. The van der Waals surface area contributed by atoms with E-state index < -0.39 is 5.97 Å². The van der Waals surface area contributed by atoms with E-state index in [1.807, 2.05) is 0 Å². The summed E-state index contributed by atoms with van der Waals surface area (Å²) in [7, 11) is 1.36. The number of anilines is 2. The van der Waals surface area contributed by atoms with Crippen molar-refractivity contribution in [2.24, 2.45) is 11.3 Å². The Bertz CT molecular complexity index is 482. The molecule has 0 atom stereocenters. The molecule has 0 amide bonds. The first-order chi connectivity index (χ1) is 8.98. The Morgan fingerprint density at radius 2 is 2.26 bits per heavy atom. The summed E-state index contributed by atoms with van der Waals surface area (Å²) >= 11 is 0. The van der Waals surface area contributed by atoms with Gasteiger partial charge >= 0.3 is 5.97 Å². The second-order valence-electron chi connectivity index (χ2n) is 5.52. The quantitative estimate of drug-likeness (QED) is 0.797. The maximum absolute atomic E-state index is 11.7. The zero-order chi connectivity index (χ0) is 14.0. The number of methoxy groups -OCH3 is 1. The molecule has 5 nitrogen and oxygen atoms in total. The van der Waals surface area contributed by atoms with E-state index in [9.17, 15) is 4.79 Å². The molecule has 1 aliphatic rings. The number of esters is 1. The van der Waals surface area contributed by atoms with Crippen LogP contribution in [0.25, 0.3) is 0 Å². The van der Waals surface area contributed by atoms with Crippen LogP contribution in [0, 0.1) is 11.3 Å². The van der Waals surface area contributed by atoms with Gasteiger partial charge in [-0.2, -0.15) is 0 Å². The Morgan fingerprint density at radius 1 is 1.58 bits per heavy atom. The van der Waals surface area contributed by atoms with Gasteiger partial charge in [-0.1, -0.05) is 13.8 Å². The van der Waals surface area contributed by atoms with Crippen molar-refractivity contribution >= 4 is 17.5 Å². The first-order valence-corrected chi connectivity index (χ1v) is 6.56. The average molecular weight is 263 g/mol. The van der Waals surface area contributed by atoms with Crippen molar-refractivity contribution in [1.29, 1.82) is 0 Å². The molecule has 3 N–H and O–H groups in total. The molecule has 0 unspecified atom stereocenters. The summed E-state index contributed by atoms with van der Waals surface area (Å²) in [6.45, 7) is 5.31. The van der Waals surface area contributed by atoms with Crippen molar-refractivity contribution in [2.75, 3.05) is 24.7 Å². The lowest BCUT2D eigenvalue weighted by molar-refractivity contribution is 0.0601. The Labute approximate surface area is 113 Å². The van der Waals surface area contributed by atoms with Crippen LogP contribution in [-0.2, 0) is 4.74 Å². The summed E-state index contributed by atoms with van der Waals surface area (Å²) < 4.78 is 4.76. The zero-order valence-electron chi connectivity index (χ0n) is 11.7. The van der Waals surface area contributed by atoms with Gasteiger partial charge in [0.15, 0.2) is 0 Å².